The van der Waals surface area contributed by atoms with E-state index in [-0.39, 0.29) is 19.1 Å². The normalized spacial score (nSPS) is 12.4. The average molecular weight is 336 g/mol. The lowest BCUT2D eigenvalue weighted by Crippen LogP contribution is -2.45. The molecule has 24 heavy (non-hydrogen) atoms. The van der Waals surface area contributed by atoms with Crippen LogP contribution in [0.5, 0.6) is 0 Å². The maximum atomic E-state index is 12.9. The lowest BCUT2D eigenvalue weighted by Gasteiger charge is -2.28. The van der Waals surface area contributed by atoms with Crippen molar-refractivity contribution >= 4 is 12.0 Å². The first-order valence-electron chi connectivity index (χ1n) is 8.14. The number of amides is 2. The Balaban J connectivity index is 3.10. The minimum Gasteiger partial charge on any atom is -0.444 e. The molecule has 0 aliphatic heterocycles. The van der Waals surface area contributed by atoms with Crippen molar-refractivity contribution in [1.29, 1.82) is 0 Å². The SMILES string of the molecule is CCN(CCO)C(=O)[C@H](NC(=O)OC(C)(C)C)c1ccccc1C. The molecule has 1 aromatic rings. The summed E-state index contributed by atoms with van der Waals surface area (Å²) in [4.78, 5) is 26.5. The molecule has 0 heterocycles. The molecule has 6 heteroatoms. The van der Waals surface area contributed by atoms with E-state index in [0.717, 1.165) is 5.56 Å². The Morgan fingerprint density at radius 2 is 1.92 bits per heavy atom. The van der Waals surface area contributed by atoms with Crippen LogP contribution in [0.2, 0.25) is 0 Å². The number of nitrogens with zero attached hydrogens (tertiary/aromatic N) is 1. The first-order chi connectivity index (χ1) is 11.2. The van der Waals surface area contributed by atoms with Gasteiger partial charge in [-0.3, -0.25) is 4.79 Å². The van der Waals surface area contributed by atoms with Gasteiger partial charge in [-0.15, -0.1) is 0 Å². The highest BCUT2D eigenvalue weighted by molar-refractivity contribution is 5.87. The summed E-state index contributed by atoms with van der Waals surface area (Å²) in [5.41, 5.74) is 0.954. The number of benzene rings is 1. The van der Waals surface area contributed by atoms with Crippen LogP contribution in [0.15, 0.2) is 24.3 Å². The van der Waals surface area contributed by atoms with Crippen molar-refractivity contribution in [3.05, 3.63) is 35.4 Å². The van der Waals surface area contributed by atoms with E-state index in [0.29, 0.717) is 12.1 Å². The second kappa shape index (κ2) is 8.68. The fraction of sp³-hybridized carbons (Fsp3) is 0.556. The Labute approximate surface area is 143 Å². The maximum Gasteiger partial charge on any atom is 0.408 e. The van der Waals surface area contributed by atoms with Gasteiger partial charge < -0.3 is 20.1 Å². The summed E-state index contributed by atoms with van der Waals surface area (Å²) in [6.45, 7) is 9.53. The zero-order valence-electron chi connectivity index (χ0n) is 15.1. The lowest BCUT2D eigenvalue weighted by atomic mass is 10.00. The van der Waals surface area contributed by atoms with Gasteiger partial charge in [-0.1, -0.05) is 24.3 Å². The van der Waals surface area contributed by atoms with Crippen molar-refractivity contribution in [2.45, 2.75) is 46.3 Å². The summed E-state index contributed by atoms with van der Waals surface area (Å²) in [7, 11) is 0. The molecule has 0 aromatic heterocycles. The fourth-order valence-corrected chi connectivity index (χ4v) is 2.34. The first kappa shape index (κ1) is 20.0. The zero-order chi connectivity index (χ0) is 18.3. The molecule has 1 rings (SSSR count). The molecule has 0 saturated heterocycles. The van der Waals surface area contributed by atoms with E-state index in [9.17, 15) is 9.59 Å². The summed E-state index contributed by atoms with van der Waals surface area (Å²) in [5.74, 6) is -0.272. The summed E-state index contributed by atoms with van der Waals surface area (Å²) >= 11 is 0. The number of aryl methyl sites for hydroxylation is 1. The number of hydrogen-bond acceptors (Lipinski definition) is 4. The molecule has 2 N–H and O–H groups in total. The Morgan fingerprint density at radius 1 is 1.29 bits per heavy atom. The van der Waals surface area contributed by atoms with E-state index < -0.39 is 17.7 Å². The Bertz CT molecular complexity index is 566. The van der Waals surface area contributed by atoms with E-state index in [1.165, 1.54) is 4.90 Å². The monoisotopic (exact) mass is 336 g/mol. The summed E-state index contributed by atoms with van der Waals surface area (Å²) < 4.78 is 5.28. The van der Waals surface area contributed by atoms with Gasteiger partial charge in [-0.05, 0) is 45.7 Å². The van der Waals surface area contributed by atoms with Crippen molar-refractivity contribution < 1.29 is 19.4 Å². The van der Waals surface area contributed by atoms with Gasteiger partial charge in [0.05, 0.1) is 6.61 Å². The number of ether oxygens (including phenoxy) is 1. The minimum atomic E-state index is -0.854. The van der Waals surface area contributed by atoms with Crippen LogP contribution < -0.4 is 5.32 Å². The number of aliphatic hydroxyl groups is 1. The lowest BCUT2D eigenvalue weighted by molar-refractivity contribution is -0.134. The molecule has 0 aliphatic rings. The molecular weight excluding hydrogens is 308 g/mol. The molecule has 0 bridgehead atoms. The van der Waals surface area contributed by atoms with Crippen LogP contribution in [-0.2, 0) is 9.53 Å². The molecule has 134 valence electrons. The summed E-state index contributed by atoms with van der Waals surface area (Å²) in [6, 6.07) is 6.53. The third kappa shape index (κ3) is 5.85. The number of aliphatic hydroxyl groups excluding tert-OH is 1. The molecule has 0 saturated carbocycles. The summed E-state index contributed by atoms with van der Waals surface area (Å²) in [6.07, 6.45) is -0.649. The number of likely N-dealkylation sites (N-methyl/N-ethyl adjacent to an activating group) is 1. The molecule has 6 nitrogen and oxygen atoms in total. The molecule has 0 spiro atoms. The van der Waals surface area contributed by atoms with Crippen molar-refractivity contribution in [1.82, 2.24) is 10.2 Å². The molecule has 1 aromatic carbocycles. The van der Waals surface area contributed by atoms with Gasteiger partial charge in [0, 0.05) is 13.1 Å². The third-order valence-electron chi connectivity index (χ3n) is 3.47. The quantitative estimate of drug-likeness (QED) is 0.836. The number of rotatable bonds is 6. The Hall–Kier alpha value is -2.08. The van der Waals surface area contributed by atoms with Crippen LogP contribution in [0.3, 0.4) is 0 Å². The van der Waals surface area contributed by atoms with E-state index in [1.54, 1.807) is 20.8 Å². The van der Waals surface area contributed by atoms with Crippen molar-refractivity contribution in [3.63, 3.8) is 0 Å². The summed E-state index contributed by atoms with van der Waals surface area (Å²) in [5, 5.41) is 11.8. The van der Waals surface area contributed by atoms with E-state index >= 15 is 0 Å². The molecular formula is C18H28N2O4. The smallest absolute Gasteiger partial charge is 0.408 e. The maximum absolute atomic E-state index is 12.9. The Kier molecular flexibility index (Phi) is 7.22. The second-order valence-corrected chi connectivity index (χ2v) is 6.58. The van der Waals surface area contributed by atoms with Gasteiger partial charge >= 0.3 is 6.09 Å². The van der Waals surface area contributed by atoms with Gasteiger partial charge in [-0.2, -0.15) is 0 Å². The molecule has 0 fully saturated rings. The highest BCUT2D eigenvalue weighted by Gasteiger charge is 2.29. The fourth-order valence-electron chi connectivity index (χ4n) is 2.34. The highest BCUT2D eigenvalue weighted by atomic mass is 16.6. The van der Waals surface area contributed by atoms with E-state index in [4.69, 9.17) is 9.84 Å². The molecule has 0 unspecified atom stereocenters. The van der Waals surface area contributed by atoms with Crippen molar-refractivity contribution in [3.8, 4) is 0 Å². The number of alkyl carbamates (subject to hydrolysis) is 1. The Morgan fingerprint density at radius 3 is 2.42 bits per heavy atom. The van der Waals surface area contributed by atoms with Crippen LogP contribution >= 0.6 is 0 Å². The predicted octanol–water partition coefficient (Wildman–Crippen LogP) is 2.40. The second-order valence-electron chi connectivity index (χ2n) is 6.58. The van der Waals surface area contributed by atoms with Crippen LogP contribution in [-0.4, -0.2) is 47.3 Å². The van der Waals surface area contributed by atoms with Crippen LogP contribution in [0.1, 0.15) is 44.9 Å². The van der Waals surface area contributed by atoms with Gasteiger partial charge in [0.2, 0.25) is 5.91 Å². The van der Waals surface area contributed by atoms with Crippen molar-refractivity contribution in [2.24, 2.45) is 0 Å². The number of nitrogens with one attached hydrogen (secondary N) is 1. The number of carbonyl (C=O) groups excluding carboxylic acids is 2. The number of hydrogen-bond donors (Lipinski definition) is 2. The average Bonchev–Trinajstić information content (AvgIpc) is 2.48. The molecule has 0 radical (unpaired) electrons. The standard InChI is InChI=1S/C18H28N2O4/c1-6-20(11-12-21)16(22)15(14-10-8-7-9-13(14)2)19-17(23)24-18(3,4)5/h7-10,15,21H,6,11-12H2,1-5H3,(H,19,23)/t15-/m1/s1. The topological polar surface area (TPSA) is 78.9 Å². The molecule has 2 amide bonds. The largest absolute Gasteiger partial charge is 0.444 e. The molecule has 1 atom stereocenters. The third-order valence-corrected chi connectivity index (χ3v) is 3.47. The zero-order valence-corrected chi connectivity index (χ0v) is 15.1. The number of carbonyl (C=O) groups is 2. The van der Waals surface area contributed by atoms with Crippen LogP contribution in [0.25, 0.3) is 0 Å². The van der Waals surface area contributed by atoms with Gasteiger partial charge in [0.15, 0.2) is 0 Å². The van der Waals surface area contributed by atoms with Crippen LogP contribution in [0.4, 0.5) is 4.79 Å². The van der Waals surface area contributed by atoms with Gasteiger partial charge in [0.25, 0.3) is 0 Å². The first-order valence-corrected chi connectivity index (χ1v) is 8.14. The van der Waals surface area contributed by atoms with Crippen molar-refractivity contribution in [2.75, 3.05) is 19.7 Å². The van der Waals surface area contributed by atoms with E-state index in [2.05, 4.69) is 5.32 Å². The van der Waals surface area contributed by atoms with Crippen LogP contribution in [0, 0.1) is 6.92 Å². The van der Waals surface area contributed by atoms with E-state index in [1.807, 2.05) is 38.1 Å². The minimum absolute atomic E-state index is 0.132. The van der Waals surface area contributed by atoms with Gasteiger partial charge in [-0.25, -0.2) is 4.79 Å². The predicted molar refractivity (Wildman–Crippen MR) is 92.6 cm³/mol. The molecule has 0 aliphatic carbocycles. The van der Waals surface area contributed by atoms with Gasteiger partial charge in [0.1, 0.15) is 11.6 Å². The highest BCUT2D eigenvalue weighted by Crippen LogP contribution is 2.21.